The van der Waals surface area contributed by atoms with Crippen LogP contribution in [0.15, 0.2) is 30.6 Å². The van der Waals surface area contributed by atoms with Gasteiger partial charge >= 0.3 is 6.03 Å². The molecule has 2 aliphatic rings. The Morgan fingerprint density at radius 3 is 2.16 bits per heavy atom. The van der Waals surface area contributed by atoms with Crippen LogP contribution in [0.5, 0.6) is 0 Å². The van der Waals surface area contributed by atoms with Gasteiger partial charge in [0.1, 0.15) is 11.6 Å². The van der Waals surface area contributed by atoms with E-state index in [0.29, 0.717) is 18.8 Å². The van der Waals surface area contributed by atoms with Crippen LogP contribution in [0, 0.1) is 17.6 Å². The van der Waals surface area contributed by atoms with Crippen molar-refractivity contribution in [3.63, 3.8) is 0 Å². The molecule has 2 aromatic rings. The third-order valence-electron chi connectivity index (χ3n) is 5.59. The van der Waals surface area contributed by atoms with Crippen LogP contribution in [0.3, 0.4) is 0 Å². The predicted octanol–water partition coefficient (Wildman–Crippen LogP) is 3.92. The van der Waals surface area contributed by atoms with Crippen LogP contribution in [0.25, 0.3) is 11.4 Å². The van der Waals surface area contributed by atoms with E-state index in [9.17, 15) is 18.4 Å². The zero-order valence-corrected chi connectivity index (χ0v) is 16.6. The predicted molar refractivity (Wildman–Crippen MR) is 113 cm³/mol. The maximum absolute atomic E-state index is 13.4. The van der Waals surface area contributed by atoms with Crippen molar-refractivity contribution in [2.75, 3.05) is 25.5 Å². The summed E-state index contributed by atoms with van der Waals surface area (Å²) in [5.41, 5.74) is 0.601. The van der Waals surface area contributed by atoms with E-state index in [1.165, 1.54) is 12.4 Å². The Morgan fingerprint density at radius 1 is 1.03 bits per heavy atom. The fraction of sp³-hybridized carbons (Fsp3) is 0.455. The topological polar surface area (TPSA) is 78.4 Å². The lowest BCUT2D eigenvalue weighted by atomic mass is 10.0. The highest BCUT2D eigenvalue weighted by Crippen LogP contribution is 2.32. The van der Waals surface area contributed by atoms with Gasteiger partial charge in [0.25, 0.3) is 0 Å². The molecule has 1 saturated heterocycles. The van der Waals surface area contributed by atoms with Gasteiger partial charge in [-0.05, 0) is 37.8 Å². The van der Waals surface area contributed by atoms with Gasteiger partial charge in [0.2, 0.25) is 5.91 Å². The molecule has 1 aromatic heterocycles. The number of benzene rings is 1. The van der Waals surface area contributed by atoms with Crippen molar-refractivity contribution in [3.8, 4) is 11.4 Å². The first-order chi connectivity index (χ1) is 14.4. The summed E-state index contributed by atoms with van der Waals surface area (Å²) < 4.78 is 26.7. The van der Waals surface area contributed by atoms with Crippen LogP contribution >= 0.6 is 0 Å². The average molecular weight is 431 g/mol. The Morgan fingerprint density at radius 2 is 1.61 bits per heavy atom. The second kappa shape index (κ2) is 9.36. The lowest BCUT2D eigenvalue weighted by Gasteiger charge is -2.36. The number of hydrogen-bond acceptors (Lipinski definition) is 4. The SMILES string of the molecule is C.CN(C(=O)Nc1cnc(-c2cc(F)cc(F)c2)nc1)C1CCN(C(=O)C2CC2)CC1. The first kappa shape index (κ1) is 22.6. The van der Waals surface area contributed by atoms with E-state index in [1.807, 2.05) is 4.90 Å². The van der Waals surface area contributed by atoms with Gasteiger partial charge in [0.05, 0.1) is 18.1 Å². The summed E-state index contributed by atoms with van der Waals surface area (Å²) in [4.78, 5) is 36.4. The molecule has 7 nitrogen and oxygen atoms in total. The molecule has 1 aromatic carbocycles. The summed E-state index contributed by atoms with van der Waals surface area (Å²) in [6, 6.07) is 2.81. The number of amides is 3. The van der Waals surface area contributed by atoms with Crippen LogP contribution in [-0.4, -0.2) is 57.9 Å². The van der Waals surface area contributed by atoms with Gasteiger partial charge in [-0.25, -0.2) is 23.5 Å². The highest BCUT2D eigenvalue weighted by atomic mass is 19.1. The third kappa shape index (κ3) is 5.34. The Hall–Kier alpha value is -3.10. The van der Waals surface area contributed by atoms with Crippen molar-refractivity contribution in [3.05, 3.63) is 42.2 Å². The smallest absolute Gasteiger partial charge is 0.321 e. The van der Waals surface area contributed by atoms with E-state index in [0.717, 1.165) is 43.9 Å². The summed E-state index contributed by atoms with van der Waals surface area (Å²) in [6.45, 7) is 1.33. The highest BCUT2D eigenvalue weighted by Gasteiger charge is 2.35. The average Bonchev–Trinajstić information content (AvgIpc) is 3.58. The van der Waals surface area contributed by atoms with Gasteiger partial charge in [-0.15, -0.1) is 0 Å². The molecule has 1 aliphatic heterocycles. The Bertz CT molecular complexity index is 921. The monoisotopic (exact) mass is 431 g/mol. The molecule has 0 spiro atoms. The molecule has 1 saturated carbocycles. The number of carbonyl (C=O) groups excluding carboxylic acids is 2. The lowest BCUT2D eigenvalue weighted by Crippen LogP contribution is -2.48. The molecule has 1 N–H and O–H groups in total. The number of urea groups is 1. The number of nitrogens with zero attached hydrogens (tertiary/aromatic N) is 4. The van der Waals surface area contributed by atoms with Crippen LogP contribution < -0.4 is 5.32 Å². The van der Waals surface area contributed by atoms with Crippen LogP contribution in [0.1, 0.15) is 33.1 Å². The standard InChI is InChI=1S/C21H23F2N5O2.CH4/c1-27(18-4-6-28(7-5-18)20(29)13-2-3-13)21(30)26-17-11-24-19(25-12-17)14-8-15(22)10-16(23)9-14;/h8-13,18H,2-7H2,1H3,(H,26,30);1H4. The highest BCUT2D eigenvalue weighted by molar-refractivity contribution is 5.89. The van der Waals surface area contributed by atoms with Crippen molar-refractivity contribution in [1.29, 1.82) is 0 Å². The molecule has 0 unspecified atom stereocenters. The molecule has 0 radical (unpaired) electrons. The molecule has 4 rings (SSSR count). The number of likely N-dealkylation sites (tertiary alicyclic amines) is 1. The first-order valence-electron chi connectivity index (χ1n) is 10.0. The molecule has 0 atom stereocenters. The zero-order chi connectivity index (χ0) is 21.3. The number of rotatable bonds is 4. The van der Waals surface area contributed by atoms with E-state index < -0.39 is 11.6 Å². The molecular formula is C22H27F2N5O2. The van der Waals surface area contributed by atoms with E-state index in [4.69, 9.17) is 0 Å². The summed E-state index contributed by atoms with van der Waals surface area (Å²) in [5.74, 6) is -0.798. The number of anilines is 1. The quantitative estimate of drug-likeness (QED) is 0.796. The van der Waals surface area contributed by atoms with Crippen molar-refractivity contribution in [2.45, 2.75) is 39.2 Å². The number of carbonyl (C=O) groups is 2. The fourth-order valence-electron chi connectivity index (χ4n) is 3.66. The van der Waals surface area contributed by atoms with E-state index >= 15 is 0 Å². The first-order valence-corrected chi connectivity index (χ1v) is 10.0. The number of hydrogen-bond donors (Lipinski definition) is 1. The molecule has 9 heteroatoms. The largest absolute Gasteiger partial charge is 0.342 e. The van der Waals surface area contributed by atoms with Gasteiger partial charge in [-0.3, -0.25) is 4.79 Å². The van der Waals surface area contributed by atoms with Crippen molar-refractivity contribution in [1.82, 2.24) is 19.8 Å². The van der Waals surface area contributed by atoms with Gasteiger partial charge in [0, 0.05) is 43.7 Å². The van der Waals surface area contributed by atoms with Crippen molar-refractivity contribution in [2.24, 2.45) is 5.92 Å². The molecule has 1 aliphatic carbocycles. The number of halogens is 2. The molecule has 166 valence electrons. The number of nitrogens with one attached hydrogen (secondary N) is 1. The van der Waals surface area contributed by atoms with Crippen molar-refractivity contribution >= 4 is 17.6 Å². The van der Waals surface area contributed by atoms with E-state index in [-0.39, 0.29) is 42.7 Å². The van der Waals surface area contributed by atoms with Crippen LogP contribution in [-0.2, 0) is 4.79 Å². The second-order valence-electron chi connectivity index (χ2n) is 7.83. The van der Waals surface area contributed by atoms with Crippen LogP contribution in [0.4, 0.5) is 19.3 Å². The maximum Gasteiger partial charge on any atom is 0.321 e. The normalized spacial score (nSPS) is 16.4. The Balaban J connectivity index is 0.00000272. The van der Waals surface area contributed by atoms with Crippen LogP contribution in [0.2, 0.25) is 0 Å². The van der Waals surface area contributed by atoms with E-state index in [2.05, 4.69) is 15.3 Å². The maximum atomic E-state index is 13.4. The molecule has 0 bridgehead atoms. The van der Waals surface area contributed by atoms with Gasteiger partial charge in [-0.1, -0.05) is 7.43 Å². The molecule has 31 heavy (non-hydrogen) atoms. The summed E-state index contributed by atoms with van der Waals surface area (Å²) in [5, 5.41) is 2.74. The summed E-state index contributed by atoms with van der Waals surface area (Å²) in [7, 11) is 1.73. The number of aromatic nitrogens is 2. The number of piperidine rings is 1. The summed E-state index contributed by atoms with van der Waals surface area (Å²) >= 11 is 0. The summed E-state index contributed by atoms with van der Waals surface area (Å²) in [6.07, 6.45) is 6.26. The molecular weight excluding hydrogens is 404 g/mol. The minimum absolute atomic E-state index is 0. The second-order valence-corrected chi connectivity index (χ2v) is 7.83. The minimum Gasteiger partial charge on any atom is -0.342 e. The van der Waals surface area contributed by atoms with Crippen molar-refractivity contribution < 1.29 is 18.4 Å². The van der Waals surface area contributed by atoms with Gasteiger partial charge < -0.3 is 15.1 Å². The molecule has 2 fully saturated rings. The fourth-order valence-corrected chi connectivity index (χ4v) is 3.66. The Kier molecular flexibility index (Phi) is 6.82. The zero-order valence-electron chi connectivity index (χ0n) is 16.6. The Labute approximate surface area is 180 Å². The molecule has 2 heterocycles. The van der Waals surface area contributed by atoms with Gasteiger partial charge in [-0.2, -0.15) is 0 Å². The van der Waals surface area contributed by atoms with Gasteiger partial charge in [0.15, 0.2) is 5.82 Å². The lowest BCUT2D eigenvalue weighted by molar-refractivity contribution is -0.133. The molecule has 3 amide bonds. The van der Waals surface area contributed by atoms with E-state index in [1.54, 1.807) is 11.9 Å². The third-order valence-corrected chi connectivity index (χ3v) is 5.59. The minimum atomic E-state index is -0.711.